The first kappa shape index (κ1) is 19.8. The molecule has 0 aromatic rings. The Kier molecular flexibility index (Phi) is 6.49. The van der Waals surface area contributed by atoms with E-state index in [0.717, 1.165) is 48.0 Å². The van der Waals surface area contributed by atoms with Gasteiger partial charge in [0.2, 0.25) is 0 Å². The molecule has 1 aliphatic heterocycles. The minimum Gasteiger partial charge on any atom is -0.467 e. The lowest BCUT2D eigenvalue weighted by Crippen LogP contribution is -2.33. The van der Waals surface area contributed by atoms with Crippen LogP contribution in [0.2, 0.25) is 0 Å². The zero-order valence-electron chi connectivity index (χ0n) is 17.7. The van der Waals surface area contributed by atoms with Gasteiger partial charge in [-0.05, 0) is 125 Å². The van der Waals surface area contributed by atoms with Crippen molar-refractivity contribution < 1.29 is 9.13 Å². The lowest BCUT2D eigenvalue weighted by Gasteiger charge is -2.42. The van der Waals surface area contributed by atoms with Gasteiger partial charge < -0.3 is 4.74 Å². The van der Waals surface area contributed by atoms with Crippen molar-refractivity contribution in [3.8, 4) is 0 Å². The summed E-state index contributed by atoms with van der Waals surface area (Å²) in [5.41, 5.74) is 0.809. The van der Waals surface area contributed by atoms with Crippen LogP contribution in [0.25, 0.3) is 0 Å². The van der Waals surface area contributed by atoms with Crippen molar-refractivity contribution in [1.82, 2.24) is 0 Å². The molecule has 0 radical (unpaired) electrons. The third-order valence-corrected chi connectivity index (χ3v) is 8.95. The largest absolute Gasteiger partial charge is 0.467 e. The highest BCUT2D eigenvalue weighted by atomic mass is 19.1. The quantitative estimate of drug-likeness (QED) is 0.488. The monoisotopic (exact) mass is 376 g/mol. The molecule has 1 heterocycles. The number of hydrogen-bond donors (Lipinski definition) is 0. The molecule has 154 valence electrons. The molecule has 0 aromatic heterocycles. The highest BCUT2D eigenvalue weighted by Gasteiger charge is 2.36. The third-order valence-electron chi connectivity index (χ3n) is 8.95. The molecule has 1 unspecified atom stereocenters. The Labute approximate surface area is 166 Å². The topological polar surface area (TPSA) is 9.23 Å². The smallest absolute Gasteiger partial charge is 0.271 e. The van der Waals surface area contributed by atoms with Crippen LogP contribution in [-0.2, 0) is 4.74 Å². The molecule has 2 heteroatoms. The van der Waals surface area contributed by atoms with Gasteiger partial charge in [-0.2, -0.15) is 4.39 Å². The first-order valence-corrected chi connectivity index (χ1v) is 12.1. The molecule has 27 heavy (non-hydrogen) atoms. The van der Waals surface area contributed by atoms with Gasteiger partial charge in [-0.25, -0.2) is 0 Å². The summed E-state index contributed by atoms with van der Waals surface area (Å²) in [6.45, 7) is 4.31. The predicted molar refractivity (Wildman–Crippen MR) is 110 cm³/mol. The maximum atomic E-state index is 13.8. The van der Waals surface area contributed by atoms with Gasteiger partial charge in [0.25, 0.3) is 6.01 Å². The molecule has 0 amide bonds. The van der Waals surface area contributed by atoms with Crippen LogP contribution in [0.15, 0.2) is 11.6 Å². The number of hydrogen-bond acceptors (Lipinski definition) is 1. The van der Waals surface area contributed by atoms with Gasteiger partial charge in [-0.1, -0.05) is 19.8 Å². The van der Waals surface area contributed by atoms with E-state index in [2.05, 4.69) is 6.92 Å². The zero-order valence-corrected chi connectivity index (χ0v) is 17.7. The van der Waals surface area contributed by atoms with E-state index in [9.17, 15) is 4.39 Å². The van der Waals surface area contributed by atoms with Crippen LogP contribution in [0.4, 0.5) is 4.39 Å². The molecule has 0 bridgehead atoms. The molecule has 1 nitrogen and oxygen atoms in total. The number of halogens is 1. The summed E-state index contributed by atoms with van der Waals surface area (Å²) in [4.78, 5) is 0. The van der Waals surface area contributed by atoms with Gasteiger partial charge in [0, 0.05) is 0 Å². The van der Waals surface area contributed by atoms with E-state index >= 15 is 0 Å². The van der Waals surface area contributed by atoms with Crippen LogP contribution in [0.5, 0.6) is 0 Å². The minimum atomic E-state index is -0.274. The summed E-state index contributed by atoms with van der Waals surface area (Å²) in [7, 11) is 0. The van der Waals surface area contributed by atoms with Crippen molar-refractivity contribution in [2.45, 2.75) is 110 Å². The maximum absolute atomic E-state index is 13.8. The Morgan fingerprint density at radius 3 is 1.48 bits per heavy atom. The van der Waals surface area contributed by atoms with E-state index in [-0.39, 0.29) is 12.1 Å². The fourth-order valence-corrected chi connectivity index (χ4v) is 6.91. The standard InChI is InChI=1S/C25H41FO/c1-17-3-6-19(7-4-17)20-8-10-21(11-9-20)22-12-14-23(15-13-22)24-16-5-18(2)25(26)27-24/h17,19-24H,3-16H2,1-2H3. The molecule has 3 aliphatic carbocycles. The average molecular weight is 377 g/mol. The van der Waals surface area contributed by atoms with Crippen LogP contribution in [0, 0.1) is 35.5 Å². The Bertz CT molecular complexity index is 502. The molecule has 0 saturated heterocycles. The molecule has 1 atom stereocenters. The second kappa shape index (κ2) is 8.87. The number of allylic oxidation sites excluding steroid dienone is 1. The van der Waals surface area contributed by atoms with E-state index < -0.39 is 0 Å². The molecule has 3 fully saturated rings. The molecule has 4 rings (SSSR count). The second-order valence-corrected chi connectivity index (χ2v) is 10.6. The van der Waals surface area contributed by atoms with Crippen molar-refractivity contribution in [3.05, 3.63) is 11.6 Å². The van der Waals surface area contributed by atoms with Gasteiger partial charge >= 0.3 is 0 Å². The maximum Gasteiger partial charge on any atom is 0.271 e. The molecular weight excluding hydrogens is 335 g/mol. The van der Waals surface area contributed by atoms with E-state index in [0.29, 0.717) is 5.92 Å². The SMILES string of the molecule is CC1=C(F)OC(C2CCC(C3CCC(C4CCC(C)CC4)CC3)CC2)CC1. The average Bonchev–Trinajstić information content (AvgIpc) is 2.71. The Morgan fingerprint density at radius 2 is 1.04 bits per heavy atom. The first-order valence-electron chi connectivity index (χ1n) is 12.1. The van der Waals surface area contributed by atoms with Gasteiger partial charge in [0.05, 0.1) is 0 Å². The highest BCUT2D eigenvalue weighted by Crippen LogP contribution is 2.47. The van der Waals surface area contributed by atoms with E-state index in [4.69, 9.17) is 4.74 Å². The van der Waals surface area contributed by atoms with Crippen LogP contribution in [0.1, 0.15) is 104 Å². The van der Waals surface area contributed by atoms with Gasteiger partial charge in [-0.3, -0.25) is 0 Å². The van der Waals surface area contributed by atoms with Crippen LogP contribution >= 0.6 is 0 Å². The van der Waals surface area contributed by atoms with Crippen LogP contribution < -0.4 is 0 Å². The number of rotatable bonds is 3. The summed E-state index contributed by atoms with van der Waals surface area (Å²) < 4.78 is 19.4. The van der Waals surface area contributed by atoms with Gasteiger partial charge in [-0.15, -0.1) is 0 Å². The van der Waals surface area contributed by atoms with Gasteiger partial charge in [0.1, 0.15) is 6.10 Å². The van der Waals surface area contributed by atoms with Crippen LogP contribution in [0.3, 0.4) is 0 Å². The van der Waals surface area contributed by atoms with E-state index in [1.54, 1.807) is 0 Å². The summed E-state index contributed by atoms with van der Waals surface area (Å²) >= 11 is 0. The van der Waals surface area contributed by atoms with Crippen molar-refractivity contribution >= 4 is 0 Å². The fraction of sp³-hybridized carbons (Fsp3) is 0.920. The van der Waals surface area contributed by atoms with Crippen molar-refractivity contribution in [1.29, 1.82) is 0 Å². The van der Waals surface area contributed by atoms with Crippen molar-refractivity contribution in [3.63, 3.8) is 0 Å². The molecular formula is C25H41FO. The highest BCUT2D eigenvalue weighted by molar-refractivity contribution is 5.04. The molecule has 3 saturated carbocycles. The fourth-order valence-electron chi connectivity index (χ4n) is 6.91. The molecule has 0 spiro atoms. The minimum absolute atomic E-state index is 0.152. The summed E-state index contributed by atoms with van der Waals surface area (Å²) in [6, 6.07) is -0.274. The summed E-state index contributed by atoms with van der Waals surface area (Å²) in [5, 5.41) is 0. The first-order chi connectivity index (χ1) is 13.1. The Balaban J connectivity index is 1.20. The lowest BCUT2D eigenvalue weighted by atomic mass is 9.64. The summed E-state index contributed by atoms with van der Waals surface area (Å²) in [6.07, 6.45) is 19.3. The molecule has 4 aliphatic rings. The second-order valence-electron chi connectivity index (χ2n) is 10.6. The number of ether oxygens (including phenoxy) is 1. The Hall–Kier alpha value is -0.530. The molecule has 0 N–H and O–H groups in total. The van der Waals surface area contributed by atoms with Crippen molar-refractivity contribution in [2.75, 3.05) is 0 Å². The van der Waals surface area contributed by atoms with Gasteiger partial charge in [0.15, 0.2) is 0 Å². The van der Waals surface area contributed by atoms with E-state index in [1.807, 2.05) is 6.92 Å². The normalized spacial score (nSPS) is 44.0. The van der Waals surface area contributed by atoms with Crippen LogP contribution in [-0.4, -0.2) is 6.10 Å². The summed E-state index contributed by atoms with van der Waals surface area (Å²) in [5.74, 6) is 5.59. The lowest BCUT2D eigenvalue weighted by molar-refractivity contribution is -0.0144. The van der Waals surface area contributed by atoms with Crippen molar-refractivity contribution in [2.24, 2.45) is 35.5 Å². The Morgan fingerprint density at radius 1 is 0.630 bits per heavy atom. The zero-order chi connectivity index (χ0) is 18.8. The predicted octanol–water partition coefficient (Wildman–Crippen LogP) is 7.81. The van der Waals surface area contributed by atoms with E-state index in [1.165, 1.54) is 77.0 Å². The molecule has 0 aromatic carbocycles. The third kappa shape index (κ3) is 4.73.